The minimum Gasteiger partial charge on any atom is -0.394 e. The van der Waals surface area contributed by atoms with E-state index in [1.807, 2.05) is 19.9 Å². The van der Waals surface area contributed by atoms with Gasteiger partial charge in [0.05, 0.1) is 12.1 Å². The van der Waals surface area contributed by atoms with E-state index in [1.165, 1.54) is 12.4 Å². The Morgan fingerprint density at radius 3 is 2.71 bits per heavy atom. The molecule has 0 aliphatic heterocycles. The average Bonchev–Trinajstić information content (AvgIpc) is 2.18. The van der Waals surface area contributed by atoms with Gasteiger partial charge in [-0.1, -0.05) is 0 Å². The van der Waals surface area contributed by atoms with Crippen molar-refractivity contribution in [3.05, 3.63) is 18.1 Å². The quantitative estimate of drug-likeness (QED) is 0.730. The summed E-state index contributed by atoms with van der Waals surface area (Å²) in [6.07, 6.45) is 2.95. The van der Waals surface area contributed by atoms with Gasteiger partial charge >= 0.3 is 0 Å². The molecule has 0 bridgehead atoms. The Hall–Kier alpha value is -1.67. The average molecular weight is 192 g/mol. The molecule has 0 saturated carbocycles. The Morgan fingerprint density at radius 1 is 1.50 bits per heavy atom. The van der Waals surface area contributed by atoms with Crippen LogP contribution in [0, 0.1) is 11.3 Å². The van der Waals surface area contributed by atoms with Crippen LogP contribution in [0.3, 0.4) is 0 Å². The van der Waals surface area contributed by atoms with Crippen molar-refractivity contribution in [3.63, 3.8) is 0 Å². The molecule has 1 aromatic rings. The zero-order valence-electron chi connectivity index (χ0n) is 8.15. The molecule has 0 atom stereocenters. The monoisotopic (exact) mass is 192 g/mol. The van der Waals surface area contributed by atoms with Crippen LogP contribution in [0.15, 0.2) is 12.4 Å². The standard InChI is InChI=1S/C9H12N4O/c1-9(2,6-14)13-8-7(5-10)11-3-4-12-8/h3-4,14H,6H2,1-2H3,(H,12,13). The van der Waals surface area contributed by atoms with E-state index in [9.17, 15) is 0 Å². The lowest BCUT2D eigenvalue weighted by molar-refractivity contribution is 0.234. The van der Waals surface area contributed by atoms with Crippen molar-refractivity contribution in [3.8, 4) is 6.07 Å². The number of rotatable bonds is 3. The molecule has 0 saturated heterocycles. The maximum Gasteiger partial charge on any atom is 0.182 e. The topological polar surface area (TPSA) is 81.8 Å². The van der Waals surface area contributed by atoms with Crippen LogP contribution in [0.25, 0.3) is 0 Å². The van der Waals surface area contributed by atoms with E-state index in [4.69, 9.17) is 10.4 Å². The van der Waals surface area contributed by atoms with Gasteiger partial charge in [-0.2, -0.15) is 5.26 Å². The predicted molar refractivity (Wildman–Crippen MR) is 51.5 cm³/mol. The fraction of sp³-hybridized carbons (Fsp3) is 0.444. The first-order chi connectivity index (χ1) is 6.59. The highest BCUT2D eigenvalue weighted by Gasteiger charge is 2.18. The van der Waals surface area contributed by atoms with Crippen molar-refractivity contribution in [1.29, 1.82) is 5.26 Å². The van der Waals surface area contributed by atoms with Crippen LogP contribution in [0.5, 0.6) is 0 Å². The largest absolute Gasteiger partial charge is 0.394 e. The number of nitrogens with one attached hydrogen (secondary N) is 1. The van der Waals surface area contributed by atoms with Crippen molar-refractivity contribution in [2.24, 2.45) is 0 Å². The lowest BCUT2D eigenvalue weighted by Crippen LogP contribution is -2.35. The molecule has 0 aliphatic carbocycles. The fourth-order valence-electron chi connectivity index (χ4n) is 0.871. The summed E-state index contributed by atoms with van der Waals surface area (Å²) in [4.78, 5) is 7.82. The molecular weight excluding hydrogens is 180 g/mol. The summed E-state index contributed by atoms with van der Waals surface area (Å²) < 4.78 is 0. The van der Waals surface area contributed by atoms with Gasteiger partial charge in [0.1, 0.15) is 6.07 Å². The smallest absolute Gasteiger partial charge is 0.182 e. The molecule has 5 nitrogen and oxygen atoms in total. The molecule has 5 heteroatoms. The van der Waals surface area contributed by atoms with Crippen molar-refractivity contribution in [2.45, 2.75) is 19.4 Å². The molecule has 0 spiro atoms. The van der Waals surface area contributed by atoms with Gasteiger partial charge in [-0.3, -0.25) is 0 Å². The molecule has 1 heterocycles. The number of aliphatic hydroxyl groups is 1. The summed E-state index contributed by atoms with van der Waals surface area (Å²) >= 11 is 0. The van der Waals surface area contributed by atoms with Crippen LogP contribution in [-0.4, -0.2) is 27.2 Å². The minimum absolute atomic E-state index is 0.0472. The second-order valence-corrected chi connectivity index (χ2v) is 3.53. The normalized spacial score (nSPS) is 10.7. The molecule has 1 rings (SSSR count). The molecule has 1 aromatic heterocycles. The summed E-state index contributed by atoms with van der Waals surface area (Å²) in [5.74, 6) is 0.397. The molecule has 74 valence electrons. The van der Waals surface area contributed by atoms with Crippen LogP contribution < -0.4 is 5.32 Å². The fourth-order valence-corrected chi connectivity index (χ4v) is 0.871. The van der Waals surface area contributed by atoms with Gasteiger partial charge in [-0.05, 0) is 13.8 Å². The molecule has 0 unspecified atom stereocenters. The maximum absolute atomic E-state index is 9.03. The third-order valence-corrected chi connectivity index (χ3v) is 1.66. The second kappa shape index (κ2) is 4.03. The van der Waals surface area contributed by atoms with E-state index in [1.54, 1.807) is 0 Å². The van der Waals surface area contributed by atoms with E-state index in [0.29, 0.717) is 5.82 Å². The van der Waals surface area contributed by atoms with Gasteiger partial charge in [-0.25, -0.2) is 9.97 Å². The Bertz CT molecular complexity index is 356. The third kappa shape index (κ3) is 2.41. The van der Waals surface area contributed by atoms with Crippen LogP contribution in [-0.2, 0) is 0 Å². The van der Waals surface area contributed by atoms with Gasteiger partial charge in [0.15, 0.2) is 11.5 Å². The van der Waals surface area contributed by atoms with Gasteiger partial charge in [0, 0.05) is 12.4 Å². The first-order valence-corrected chi connectivity index (χ1v) is 4.19. The Labute approximate surface area is 82.4 Å². The summed E-state index contributed by atoms with van der Waals surface area (Å²) in [6, 6.07) is 1.92. The summed E-state index contributed by atoms with van der Waals surface area (Å²) in [6.45, 7) is 3.57. The number of hydrogen-bond acceptors (Lipinski definition) is 5. The molecule has 0 radical (unpaired) electrons. The zero-order chi connectivity index (χ0) is 10.6. The summed E-state index contributed by atoms with van der Waals surface area (Å²) in [7, 11) is 0. The number of anilines is 1. The minimum atomic E-state index is -0.512. The number of nitrogens with zero attached hydrogens (tertiary/aromatic N) is 3. The van der Waals surface area contributed by atoms with Crippen LogP contribution in [0.4, 0.5) is 5.82 Å². The van der Waals surface area contributed by atoms with Crippen LogP contribution in [0.2, 0.25) is 0 Å². The highest BCUT2D eigenvalue weighted by atomic mass is 16.3. The maximum atomic E-state index is 9.03. The van der Waals surface area contributed by atoms with E-state index in [-0.39, 0.29) is 12.3 Å². The zero-order valence-corrected chi connectivity index (χ0v) is 8.15. The van der Waals surface area contributed by atoms with Crippen molar-refractivity contribution >= 4 is 5.82 Å². The Kier molecular flexibility index (Phi) is 2.99. The molecular formula is C9H12N4O. The summed E-state index contributed by atoms with van der Waals surface area (Å²) in [5.41, 5.74) is -0.282. The first kappa shape index (κ1) is 10.4. The first-order valence-electron chi connectivity index (χ1n) is 4.19. The molecule has 0 aromatic carbocycles. The highest BCUT2D eigenvalue weighted by molar-refractivity contribution is 5.48. The van der Waals surface area contributed by atoms with Gasteiger partial charge in [-0.15, -0.1) is 0 Å². The number of aromatic nitrogens is 2. The second-order valence-electron chi connectivity index (χ2n) is 3.53. The number of nitriles is 1. The van der Waals surface area contributed by atoms with E-state index in [2.05, 4.69) is 15.3 Å². The third-order valence-electron chi connectivity index (χ3n) is 1.66. The number of hydrogen-bond donors (Lipinski definition) is 2. The predicted octanol–water partition coefficient (Wildman–Crippen LogP) is 0.531. The Balaban J connectivity index is 2.92. The van der Waals surface area contributed by atoms with Gasteiger partial charge in [0.25, 0.3) is 0 Å². The van der Waals surface area contributed by atoms with E-state index in [0.717, 1.165) is 0 Å². The van der Waals surface area contributed by atoms with Gasteiger partial charge in [0.2, 0.25) is 0 Å². The lowest BCUT2D eigenvalue weighted by atomic mass is 10.1. The Morgan fingerprint density at radius 2 is 2.14 bits per heavy atom. The van der Waals surface area contributed by atoms with Crippen molar-refractivity contribution in [2.75, 3.05) is 11.9 Å². The molecule has 0 fully saturated rings. The molecule has 0 amide bonds. The van der Waals surface area contributed by atoms with Crippen LogP contribution >= 0.6 is 0 Å². The highest BCUT2D eigenvalue weighted by Crippen LogP contribution is 2.13. The lowest BCUT2D eigenvalue weighted by Gasteiger charge is -2.24. The van der Waals surface area contributed by atoms with Crippen molar-refractivity contribution < 1.29 is 5.11 Å². The van der Waals surface area contributed by atoms with Gasteiger partial charge < -0.3 is 10.4 Å². The number of aliphatic hydroxyl groups excluding tert-OH is 1. The van der Waals surface area contributed by atoms with E-state index >= 15 is 0 Å². The molecule has 0 aliphatic rings. The molecule has 14 heavy (non-hydrogen) atoms. The SMILES string of the molecule is CC(C)(CO)Nc1nccnc1C#N. The van der Waals surface area contributed by atoms with E-state index < -0.39 is 5.54 Å². The van der Waals surface area contributed by atoms with Crippen LogP contribution in [0.1, 0.15) is 19.5 Å². The molecule has 2 N–H and O–H groups in total. The summed E-state index contributed by atoms with van der Waals surface area (Å²) in [5, 5.41) is 20.7. The van der Waals surface area contributed by atoms with Crippen molar-refractivity contribution in [1.82, 2.24) is 9.97 Å².